The number of halogens is 1. The fraction of sp³-hybridized carbons (Fsp3) is 0.545. The first-order valence-electron chi connectivity index (χ1n) is 4.77. The maximum Gasteiger partial charge on any atom is 0.251 e. The van der Waals surface area contributed by atoms with E-state index in [1.807, 2.05) is 33.0 Å². The Morgan fingerprint density at radius 1 is 1.50 bits per heavy atom. The Morgan fingerprint density at radius 3 is 2.36 bits per heavy atom. The summed E-state index contributed by atoms with van der Waals surface area (Å²) in [6, 6.07) is 3.85. The van der Waals surface area contributed by atoms with E-state index in [-0.39, 0.29) is 18.3 Å². The van der Waals surface area contributed by atoms with Crippen molar-refractivity contribution in [3.63, 3.8) is 0 Å². The van der Waals surface area contributed by atoms with E-state index in [9.17, 15) is 9.18 Å². The molecular formula is C11H18FNO. The molecule has 0 unspecified atom stereocenters. The third kappa shape index (κ3) is 4.21. The summed E-state index contributed by atoms with van der Waals surface area (Å²) in [4.78, 5) is 11.2. The maximum absolute atomic E-state index is 11.2. The minimum absolute atomic E-state index is 0.0833. The minimum atomic E-state index is -0.250. The standard InChI is InChI=1S/C9H13NO.C2H5F/c1-7(2)10-5-4-8(3)6-9(10)11;1-2-3/h4-7H,1-3H3;2H2,1H3. The Balaban J connectivity index is 0.000000500. The lowest BCUT2D eigenvalue weighted by atomic mass is 10.3. The van der Waals surface area contributed by atoms with Gasteiger partial charge in [-0.25, -0.2) is 0 Å². The fourth-order valence-corrected chi connectivity index (χ4v) is 1.02. The Kier molecular flexibility index (Phi) is 5.84. The van der Waals surface area contributed by atoms with Gasteiger partial charge in [0.1, 0.15) is 0 Å². The van der Waals surface area contributed by atoms with Gasteiger partial charge >= 0.3 is 0 Å². The number of pyridine rings is 1. The molecule has 80 valence electrons. The topological polar surface area (TPSA) is 22.0 Å². The summed E-state index contributed by atoms with van der Waals surface area (Å²) in [5, 5.41) is 0. The van der Waals surface area contributed by atoms with Crippen LogP contribution in [0, 0.1) is 6.92 Å². The molecule has 3 heteroatoms. The molecular weight excluding hydrogens is 181 g/mol. The van der Waals surface area contributed by atoms with E-state index in [4.69, 9.17) is 0 Å². The maximum atomic E-state index is 11.2. The monoisotopic (exact) mass is 199 g/mol. The van der Waals surface area contributed by atoms with Crippen molar-refractivity contribution >= 4 is 0 Å². The molecule has 0 aromatic carbocycles. The van der Waals surface area contributed by atoms with Gasteiger partial charge in [0.05, 0.1) is 6.67 Å². The van der Waals surface area contributed by atoms with Crippen molar-refractivity contribution in [3.8, 4) is 0 Å². The van der Waals surface area contributed by atoms with Gasteiger partial charge in [-0.1, -0.05) is 0 Å². The largest absolute Gasteiger partial charge is 0.313 e. The summed E-state index contributed by atoms with van der Waals surface area (Å²) >= 11 is 0. The summed E-state index contributed by atoms with van der Waals surface area (Å²) in [6.45, 7) is 7.12. The zero-order valence-electron chi connectivity index (χ0n) is 9.25. The first-order chi connectivity index (χ1) is 6.52. The highest BCUT2D eigenvalue weighted by atomic mass is 19.1. The Bertz CT molecular complexity index is 317. The van der Waals surface area contributed by atoms with Crippen molar-refractivity contribution < 1.29 is 4.39 Å². The van der Waals surface area contributed by atoms with Crippen LogP contribution in [0.25, 0.3) is 0 Å². The Morgan fingerprint density at radius 2 is 2.00 bits per heavy atom. The molecule has 0 aliphatic heterocycles. The van der Waals surface area contributed by atoms with Gasteiger partial charge in [0.2, 0.25) is 0 Å². The van der Waals surface area contributed by atoms with E-state index < -0.39 is 0 Å². The average molecular weight is 199 g/mol. The molecule has 0 aliphatic carbocycles. The second-order valence-electron chi connectivity index (χ2n) is 3.31. The number of hydrogen-bond donors (Lipinski definition) is 0. The van der Waals surface area contributed by atoms with Crippen LogP contribution >= 0.6 is 0 Å². The Labute approximate surface area is 84.4 Å². The molecule has 14 heavy (non-hydrogen) atoms. The van der Waals surface area contributed by atoms with Gasteiger partial charge in [0, 0.05) is 18.3 Å². The lowest BCUT2D eigenvalue weighted by Crippen LogP contribution is -2.20. The molecule has 1 heterocycles. The van der Waals surface area contributed by atoms with Crippen LogP contribution in [0.1, 0.15) is 32.4 Å². The van der Waals surface area contributed by atoms with Crippen molar-refractivity contribution in [2.45, 2.75) is 33.7 Å². The second-order valence-corrected chi connectivity index (χ2v) is 3.31. The summed E-state index contributed by atoms with van der Waals surface area (Å²) < 4.78 is 12.0. The number of rotatable bonds is 1. The van der Waals surface area contributed by atoms with E-state index in [2.05, 4.69) is 0 Å². The smallest absolute Gasteiger partial charge is 0.251 e. The third-order valence-corrected chi connectivity index (χ3v) is 1.66. The lowest BCUT2D eigenvalue weighted by Gasteiger charge is -2.08. The predicted molar refractivity (Wildman–Crippen MR) is 57.5 cm³/mol. The number of aromatic nitrogens is 1. The van der Waals surface area contributed by atoms with E-state index in [0.717, 1.165) is 5.56 Å². The average Bonchev–Trinajstić information content (AvgIpc) is 2.04. The number of hydrogen-bond acceptors (Lipinski definition) is 1. The van der Waals surface area contributed by atoms with Crippen molar-refractivity contribution in [1.82, 2.24) is 4.57 Å². The zero-order valence-corrected chi connectivity index (χ0v) is 9.25. The van der Waals surface area contributed by atoms with Crippen molar-refractivity contribution in [2.24, 2.45) is 0 Å². The summed E-state index contributed by atoms with van der Waals surface area (Å²) in [5.41, 5.74) is 1.10. The zero-order chi connectivity index (χ0) is 11.1. The highest BCUT2D eigenvalue weighted by molar-refractivity contribution is 5.08. The number of nitrogens with zero attached hydrogens (tertiary/aromatic N) is 1. The molecule has 0 fully saturated rings. The van der Waals surface area contributed by atoms with Crippen LogP contribution in [0.4, 0.5) is 4.39 Å². The van der Waals surface area contributed by atoms with Crippen LogP contribution in [0.3, 0.4) is 0 Å². The highest BCUT2D eigenvalue weighted by Crippen LogP contribution is 1.99. The summed E-state index contributed by atoms with van der Waals surface area (Å²) in [7, 11) is 0. The normalized spacial score (nSPS) is 9.57. The molecule has 2 nitrogen and oxygen atoms in total. The highest BCUT2D eigenvalue weighted by Gasteiger charge is 1.98. The molecule has 0 amide bonds. The lowest BCUT2D eigenvalue weighted by molar-refractivity contribution is 0.527. The molecule has 1 rings (SSSR count). The van der Waals surface area contributed by atoms with Crippen LogP contribution in [0.15, 0.2) is 23.1 Å². The summed E-state index contributed by atoms with van der Waals surface area (Å²) in [6.07, 6.45) is 1.84. The van der Waals surface area contributed by atoms with Crippen LogP contribution in [0.5, 0.6) is 0 Å². The van der Waals surface area contributed by atoms with E-state index in [0.29, 0.717) is 0 Å². The van der Waals surface area contributed by atoms with Crippen LogP contribution < -0.4 is 5.56 Å². The first-order valence-corrected chi connectivity index (χ1v) is 4.77. The van der Waals surface area contributed by atoms with Gasteiger partial charge in [0.25, 0.3) is 5.56 Å². The van der Waals surface area contributed by atoms with Crippen molar-refractivity contribution in [3.05, 3.63) is 34.2 Å². The Hall–Kier alpha value is -1.12. The van der Waals surface area contributed by atoms with Gasteiger partial charge in [-0.2, -0.15) is 0 Å². The second kappa shape index (κ2) is 6.35. The van der Waals surface area contributed by atoms with Crippen LogP contribution in [0.2, 0.25) is 0 Å². The van der Waals surface area contributed by atoms with Gasteiger partial charge in [-0.15, -0.1) is 0 Å². The van der Waals surface area contributed by atoms with Gasteiger partial charge in [0.15, 0.2) is 0 Å². The number of alkyl halides is 1. The van der Waals surface area contributed by atoms with Gasteiger partial charge < -0.3 is 4.57 Å². The molecule has 0 atom stereocenters. The van der Waals surface area contributed by atoms with E-state index >= 15 is 0 Å². The predicted octanol–water partition coefficient (Wildman–Crippen LogP) is 2.71. The van der Waals surface area contributed by atoms with Gasteiger partial charge in [-0.3, -0.25) is 9.18 Å². The molecule has 0 aliphatic rings. The number of aryl methyl sites for hydroxylation is 1. The SMILES string of the molecule is CCF.Cc1ccn(C(C)C)c(=O)c1. The quantitative estimate of drug-likeness (QED) is 0.681. The molecule has 0 bridgehead atoms. The van der Waals surface area contributed by atoms with Gasteiger partial charge in [-0.05, 0) is 39.3 Å². The van der Waals surface area contributed by atoms with Crippen LogP contribution in [-0.4, -0.2) is 11.2 Å². The molecule has 0 N–H and O–H groups in total. The molecule has 0 saturated heterocycles. The third-order valence-electron chi connectivity index (χ3n) is 1.66. The molecule has 1 aromatic rings. The van der Waals surface area contributed by atoms with Crippen LogP contribution in [-0.2, 0) is 0 Å². The molecule has 0 radical (unpaired) electrons. The van der Waals surface area contributed by atoms with Crippen molar-refractivity contribution in [2.75, 3.05) is 6.67 Å². The molecule has 0 saturated carbocycles. The molecule has 1 aromatic heterocycles. The molecule has 0 spiro atoms. The summed E-state index contributed by atoms with van der Waals surface area (Å²) in [5.74, 6) is 0. The first kappa shape index (κ1) is 12.9. The van der Waals surface area contributed by atoms with E-state index in [1.165, 1.54) is 6.92 Å². The minimum Gasteiger partial charge on any atom is -0.313 e. The van der Waals surface area contributed by atoms with Crippen molar-refractivity contribution in [1.29, 1.82) is 0 Å². The van der Waals surface area contributed by atoms with E-state index in [1.54, 1.807) is 10.6 Å². The fourth-order valence-electron chi connectivity index (χ4n) is 1.02.